The summed E-state index contributed by atoms with van der Waals surface area (Å²) in [4.78, 5) is 26.0. The maximum atomic E-state index is 12.5. The zero-order valence-corrected chi connectivity index (χ0v) is 17.1. The van der Waals surface area contributed by atoms with Crippen LogP contribution in [0.1, 0.15) is 39.1 Å². The fourth-order valence-corrected chi connectivity index (χ4v) is 4.01. The molecule has 0 unspecified atom stereocenters. The van der Waals surface area contributed by atoms with Crippen LogP contribution >= 0.6 is 0 Å². The molecular formula is C25H26N2O3. The second-order valence-electron chi connectivity index (χ2n) is 7.81. The van der Waals surface area contributed by atoms with Crippen molar-refractivity contribution in [3.63, 3.8) is 0 Å². The Labute approximate surface area is 176 Å². The summed E-state index contributed by atoms with van der Waals surface area (Å²) in [6.07, 6.45) is 2.74. The van der Waals surface area contributed by atoms with Gasteiger partial charge in [0.15, 0.2) is 0 Å². The monoisotopic (exact) mass is 402 g/mol. The molecular weight excluding hydrogens is 376 g/mol. The van der Waals surface area contributed by atoms with E-state index in [1.807, 2.05) is 36.4 Å². The largest absolute Gasteiger partial charge is 0.497 e. The minimum Gasteiger partial charge on any atom is -0.497 e. The lowest BCUT2D eigenvalue weighted by atomic mass is 10.0. The first-order valence-electron chi connectivity index (χ1n) is 10.3. The van der Waals surface area contributed by atoms with Gasteiger partial charge >= 0.3 is 0 Å². The summed E-state index contributed by atoms with van der Waals surface area (Å²) in [5.74, 6) is 0.640. The first-order valence-corrected chi connectivity index (χ1v) is 10.3. The number of piperidine rings is 1. The highest BCUT2D eigenvalue weighted by Gasteiger charge is 2.21. The van der Waals surface area contributed by atoms with E-state index in [-0.39, 0.29) is 11.9 Å². The summed E-state index contributed by atoms with van der Waals surface area (Å²) in [5.41, 5.74) is 2.57. The van der Waals surface area contributed by atoms with Crippen molar-refractivity contribution in [2.45, 2.75) is 25.4 Å². The lowest BCUT2D eigenvalue weighted by Gasteiger charge is -2.32. The van der Waals surface area contributed by atoms with Crippen molar-refractivity contribution in [1.82, 2.24) is 10.2 Å². The van der Waals surface area contributed by atoms with Crippen molar-refractivity contribution in [1.29, 1.82) is 0 Å². The molecule has 1 fully saturated rings. The van der Waals surface area contributed by atoms with Gasteiger partial charge in [0.25, 0.3) is 5.91 Å². The molecule has 3 aromatic rings. The number of carbonyl (C=O) groups is 2. The average molecular weight is 402 g/mol. The maximum absolute atomic E-state index is 12.5. The topological polar surface area (TPSA) is 58.6 Å². The van der Waals surface area contributed by atoms with E-state index in [4.69, 9.17) is 4.74 Å². The van der Waals surface area contributed by atoms with E-state index in [1.54, 1.807) is 13.2 Å². The second-order valence-corrected chi connectivity index (χ2v) is 7.81. The maximum Gasteiger partial charge on any atom is 0.251 e. The van der Waals surface area contributed by atoms with Crippen molar-refractivity contribution in [2.24, 2.45) is 0 Å². The Bertz CT molecular complexity index is 1060. The van der Waals surface area contributed by atoms with Crippen molar-refractivity contribution in [3.05, 3.63) is 77.4 Å². The van der Waals surface area contributed by atoms with Crippen molar-refractivity contribution >= 4 is 23.0 Å². The Hall–Kier alpha value is -3.18. The van der Waals surface area contributed by atoms with Gasteiger partial charge in [-0.1, -0.05) is 30.3 Å². The molecule has 1 saturated heterocycles. The highest BCUT2D eigenvalue weighted by molar-refractivity contribution is 5.94. The number of amides is 1. The second kappa shape index (κ2) is 9.09. The SMILES string of the molecule is COc1cccc(C(=O)NC2CCN(Cc3ccc4ccc(C=O)cc4c3)CC2)c1. The number of carbonyl (C=O) groups excluding carboxylic acids is 2. The molecule has 1 aliphatic rings. The van der Waals surface area contributed by atoms with Gasteiger partial charge in [-0.2, -0.15) is 0 Å². The predicted octanol–water partition coefficient (Wildman–Crippen LogP) is 4.06. The number of fused-ring (bicyclic) bond motifs is 1. The Balaban J connectivity index is 1.32. The Morgan fingerprint density at radius 3 is 2.63 bits per heavy atom. The molecule has 0 saturated carbocycles. The van der Waals surface area contributed by atoms with E-state index in [2.05, 4.69) is 28.4 Å². The quantitative estimate of drug-likeness (QED) is 0.632. The van der Waals surface area contributed by atoms with Gasteiger partial charge in [0.05, 0.1) is 7.11 Å². The minimum absolute atomic E-state index is 0.0483. The first kappa shape index (κ1) is 20.1. The zero-order chi connectivity index (χ0) is 20.9. The van der Waals surface area contributed by atoms with Crippen molar-refractivity contribution in [2.75, 3.05) is 20.2 Å². The molecule has 1 amide bonds. The fraction of sp³-hybridized carbons (Fsp3) is 0.280. The molecule has 0 spiro atoms. The number of benzene rings is 3. The number of hydrogen-bond donors (Lipinski definition) is 1. The number of methoxy groups -OCH3 is 1. The molecule has 3 aromatic carbocycles. The van der Waals surface area contributed by atoms with E-state index >= 15 is 0 Å². The third-order valence-electron chi connectivity index (χ3n) is 5.73. The molecule has 4 rings (SSSR count). The van der Waals surface area contributed by atoms with E-state index in [1.165, 1.54) is 5.56 Å². The smallest absolute Gasteiger partial charge is 0.251 e. The van der Waals surface area contributed by atoms with Gasteiger partial charge in [0.1, 0.15) is 12.0 Å². The molecule has 5 heteroatoms. The summed E-state index contributed by atoms with van der Waals surface area (Å²) in [7, 11) is 1.60. The van der Waals surface area contributed by atoms with Crippen LogP contribution in [0.5, 0.6) is 5.75 Å². The molecule has 1 N–H and O–H groups in total. The first-order chi connectivity index (χ1) is 14.6. The van der Waals surface area contributed by atoms with E-state index in [9.17, 15) is 9.59 Å². The standard InChI is InChI=1S/C25H26N2O3/c1-30-24-4-2-3-21(15-24)25(29)26-23-9-11-27(12-10-23)16-18-5-7-20-8-6-19(17-28)14-22(20)13-18/h2-8,13-15,17,23H,9-12,16H2,1H3,(H,26,29). The van der Waals surface area contributed by atoms with Crippen LogP contribution in [-0.4, -0.2) is 43.3 Å². The van der Waals surface area contributed by atoms with Crippen LogP contribution in [0.4, 0.5) is 0 Å². The lowest BCUT2D eigenvalue weighted by Crippen LogP contribution is -2.44. The summed E-state index contributed by atoms with van der Waals surface area (Å²) in [6, 6.07) is 19.6. The van der Waals surface area contributed by atoms with E-state index in [0.29, 0.717) is 16.9 Å². The van der Waals surface area contributed by atoms with Gasteiger partial charge in [-0.05, 0) is 59.5 Å². The molecule has 0 aromatic heterocycles. The number of nitrogens with zero attached hydrogens (tertiary/aromatic N) is 1. The van der Waals surface area contributed by atoms with Gasteiger partial charge in [-0.3, -0.25) is 14.5 Å². The summed E-state index contributed by atoms with van der Waals surface area (Å²) in [6.45, 7) is 2.75. The van der Waals surface area contributed by atoms with Gasteiger partial charge in [0.2, 0.25) is 0 Å². The van der Waals surface area contributed by atoms with E-state index in [0.717, 1.165) is 49.5 Å². The molecule has 30 heavy (non-hydrogen) atoms. The van der Waals surface area contributed by atoms with Gasteiger partial charge in [-0.25, -0.2) is 0 Å². The zero-order valence-electron chi connectivity index (χ0n) is 17.1. The molecule has 154 valence electrons. The minimum atomic E-state index is -0.0483. The molecule has 1 heterocycles. The summed E-state index contributed by atoms with van der Waals surface area (Å²) >= 11 is 0. The van der Waals surface area contributed by atoms with Crippen LogP contribution in [0.15, 0.2) is 60.7 Å². The van der Waals surface area contributed by atoms with Gasteiger partial charge in [0, 0.05) is 36.8 Å². The number of hydrogen-bond acceptors (Lipinski definition) is 4. The van der Waals surface area contributed by atoms with Crippen LogP contribution in [0, 0.1) is 0 Å². The molecule has 0 bridgehead atoms. The highest BCUT2D eigenvalue weighted by atomic mass is 16.5. The summed E-state index contributed by atoms with van der Waals surface area (Å²) in [5, 5.41) is 5.39. The lowest BCUT2D eigenvalue weighted by molar-refractivity contribution is 0.0908. The number of aldehydes is 1. The van der Waals surface area contributed by atoms with Gasteiger partial charge in [-0.15, -0.1) is 0 Å². The molecule has 0 aliphatic carbocycles. The Morgan fingerprint density at radius 1 is 1.07 bits per heavy atom. The van der Waals surface area contributed by atoms with E-state index < -0.39 is 0 Å². The Kier molecular flexibility index (Phi) is 6.10. The molecule has 5 nitrogen and oxygen atoms in total. The van der Waals surface area contributed by atoms with Crippen LogP contribution in [-0.2, 0) is 6.54 Å². The van der Waals surface area contributed by atoms with Crippen LogP contribution in [0.3, 0.4) is 0 Å². The molecule has 1 aliphatic heterocycles. The van der Waals surface area contributed by atoms with Crippen molar-refractivity contribution in [3.8, 4) is 5.75 Å². The number of nitrogens with one attached hydrogen (secondary N) is 1. The van der Waals surface area contributed by atoms with Crippen molar-refractivity contribution < 1.29 is 14.3 Å². The number of likely N-dealkylation sites (tertiary alicyclic amines) is 1. The molecule has 0 radical (unpaired) electrons. The Morgan fingerprint density at radius 2 is 1.87 bits per heavy atom. The summed E-state index contributed by atoms with van der Waals surface area (Å²) < 4.78 is 5.20. The average Bonchev–Trinajstić information content (AvgIpc) is 2.79. The molecule has 0 atom stereocenters. The predicted molar refractivity (Wildman–Crippen MR) is 118 cm³/mol. The number of rotatable bonds is 6. The van der Waals surface area contributed by atoms with Crippen LogP contribution < -0.4 is 10.1 Å². The third kappa shape index (κ3) is 4.69. The van der Waals surface area contributed by atoms with Crippen LogP contribution in [0.25, 0.3) is 10.8 Å². The van der Waals surface area contributed by atoms with Gasteiger partial charge < -0.3 is 10.1 Å². The number of ether oxygens (including phenoxy) is 1. The fourth-order valence-electron chi connectivity index (χ4n) is 4.01. The highest BCUT2D eigenvalue weighted by Crippen LogP contribution is 2.20. The third-order valence-corrected chi connectivity index (χ3v) is 5.73. The van der Waals surface area contributed by atoms with Crippen LogP contribution in [0.2, 0.25) is 0 Å². The normalized spacial score (nSPS) is 15.1.